The van der Waals surface area contributed by atoms with Crippen molar-refractivity contribution in [2.75, 3.05) is 7.05 Å². The molecular weight excluding hydrogens is 221 g/mol. The first-order valence-electron chi connectivity index (χ1n) is 4.58. The van der Waals surface area contributed by atoms with E-state index in [9.17, 15) is 13.2 Å². The molecule has 1 N–H and O–H groups in total. The van der Waals surface area contributed by atoms with E-state index in [4.69, 9.17) is 0 Å². The Bertz CT molecular complexity index is 503. The molecule has 7 heteroatoms. The Balaban J connectivity index is 2.49. The molecule has 0 saturated carbocycles. The van der Waals surface area contributed by atoms with Gasteiger partial charge in [-0.2, -0.15) is 13.2 Å². The van der Waals surface area contributed by atoms with Crippen LogP contribution in [0.2, 0.25) is 0 Å². The summed E-state index contributed by atoms with van der Waals surface area (Å²) >= 11 is 0. The minimum absolute atomic E-state index is 0.195. The summed E-state index contributed by atoms with van der Waals surface area (Å²) in [5.41, 5.74) is -0.525. The molecule has 0 atom stereocenters. The molecular formula is C9H9F3N4. The van der Waals surface area contributed by atoms with Crippen LogP contribution in [0.25, 0.3) is 5.65 Å². The number of nitrogens with one attached hydrogen (secondary N) is 1. The number of alkyl halides is 3. The van der Waals surface area contributed by atoms with Gasteiger partial charge >= 0.3 is 6.18 Å². The molecule has 2 rings (SSSR count). The first-order chi connectivity index (χ1) is 7.52. The van der Waals surface area contributed by atoms with Gasteiger partial charge in [0.15, 0.2) is 11.5 Å². The maximum Gasteiger partial charge on any atom is 0.416 e. The summed E-state index contributed by atoms with van der Waals surface area (Å²) in [6.07, 6.45) is -3.03. The van der Waals surface area contributed by atoms with Gasteiger partial charge in [-0.1, -0.05) is 0 Å². The van der Waals surface area contributed by atoms with Gasteiger partial charge in [-0.3, -0.25) is 4.40 Å². The second-order valence-corrected chi connectivity index (χ2v) is 3.29. The Labute approximate surface area is 89.1 Å². The fourth-order valence-electron chi connectivity index (χ4n) is 1.40. The van der Waals surface area contributed by atoms with Crippen LogP contribution in [0.3, 0.4) is 0 Å². The molecule has 0 unspecified atom stereocenters. The Kier molecular flexibility index (Phi) is 2.55. The number of halogens is 3. The molecule has 0 aliphatic rings. The average molecular weight is 230 g/mol. The largest absolute Gasteiger partial charge is 0.416 e. The molecule has 2 heterocycles. The quantitative estimate of drug-likeness (QED) is 0.849. The maximum absolute atomic E-state index is 12.4. The highest BCUT2D eigenvalue weighted by atomic mass is 19.4. The van der Waals surface area contributed by atoms with Crippen molar-refractivity contribution in [3.8, 4) is 0 Å². The van der Waals surface area contributed by atoms with Crippen molar-refractivity contribution < 1.29 is 13.2 Å². The Morgan fingerprint density at radius 3 is 2.75 bits per heavy atom. The molecule has 0 saturated heterocycles. The van der Waals surface area contributed by atoms with Crippen LogP contribution < -0.4 is 5.32 Å². The topological polar surface area (TPSA) is 42.2 Å². The van der Waals surface area contributed by atoms with Crippen molar-refractivity contribution in [1.82, 2.24) is 19.9 Å². The summed E-state index contributed by atoms with van der Waals surface area (Å²) in [6.45, 7) is 0.451. The number of aromatic nitrogens is 3. The van der Waals surface area contributed by atoms with Crippen LogP contribution in [0, 0.1) is 0 Å². The fraction of sp³-hybridized carbons (Fsp3) is 0.333. The number of rotatable bonds is 2. The molecule has 86 valence electrons. The zero-order chi connectivity index (χ0) is 11.8. The average Bonchev–Trinajstić information content (AvgIpc) is 2.60. The van der Waals surface area contributed by atoms with E-state index in [1.54, 1.807) is 7.05 Å². The molecule has 0 fully saturated rings. The van der Waals surface area contributed by atoms with Crippen LogP contribution in [-0.4, -0.2) is 21.6 Å². The minimum Gasteiger partial charge on any atom is -0.313 e. The molecule has 2 aromatic rings. The van der Waals surface area contributed by atoms with Gasteiger partial charge in [-0.15, -0.1) is 10.2 Å². The number of fused-ring (bicyclic) bond motifs is 1. The van der Waals surface area contributed by atoms with E-state index in [0.717, 1.165) is 12.1 Å². The lowest BCUT2D eigenvalue weighted by Crippen LogP contribution is -2.09. The third kappa shape index (κ3) is 1.85. The van der Waals surface area contributed by atoms with E-state index in [1.807, 2.05) is 0 Å². The van der Waals surface area contributed by atoms with Crippen LogP contribution in [0.4, 0.5) is 13.2 Å². The first kappa shape index (κ1) is 10.9. The number of nitrogens with zero attached hydrogens (tertiary/aromatic N) is 3. The molecule has 16 heavy (non-hydrogen) atoms. The highest BCUT2D eigenvalue weighted by Crippen LogP contribution is 2.29. The number of pyridine rings is 1. The van der Waals surface area contributed by atoms with Gasteiger partial charge in [0.05, 0.1) is 12.1 Å². The van der Waals surface area contributed by atoms with Crippen LogP contribution in [0.1, 0.15) is 11.4 Å². The normalized spacial score (nSPS) is 12.2. The standard InChI is InChI=1S/C9H9F3N4/c1-13-5-8-15-14-7-4-6(9(10,11)12)2-3-16(7)8/h2-4,13H,5H2,1H3. The third-order valence-corrected chi connectivity index (χ3v) is 2.14. The molecule has 0 aliphatic carbocycles. The van der Waals surface area contributed by atoms with Crippen molar-refractivity contribution in [3.63, 3.8) is 0 Å². The van der Waals surface area contributed by atoms with E-state index in [0.29, 0.717) is 12.4 Å². The van der Waals surface area contributed by atoms with Gasteiger partial charge < -0.3 is 5.32 Å². The highest BCUT2D eigenvalue weighted by Gasteiger charge is 2.30. The lowest BCUT2D eigenvalue weighted by molar-refractivity contribution is -0.137. The summed E-state index contributed by atoms with van der Waals surface area (Å²) in [4.78, 5) is 0. The molecule has 0 bridgehead atoms. The van der Waals surface area contributed by atoms with Crippen LogP contribution in [0.5, 0.6) is 0 Å². The van der Waals surface area contributed by atoms with Gasteiger partial charge in [0.25, 0.3) is 0 Å². The second-order valence-electron chi connectivity index (χ2n) is 3.29. The van der Waals surface area contributed by atoms with Crippen LogP contribution >= 0.6 is 0 Å². The molecule has 0 spiro atoms. The van der Waals surface area contributed by atoms with Gasteiger partial charge in [0.2, 0.25) is 0 Å². The third-order valence-electron chi connectivity index (χ3n) is 2.14. The van der Waals surface area contributed by atoms with E-state index < -0.39 is 11.7 Å². The summed E-state index contributed by atoms with van der Waals surface area (Å²) < 4.78 is 38.7. The van der Waals surface area contributed by atoms with Crippen molar-refractivity contribution in [3.05, 3.63) is 29.7 Å². The molecule has 0 radical (unpaired) electrons. The van der Waals surface area contributed by atoms with Gasteiger partial charge in [0.1, 0.15) is 0 Å². The van der Waals surface area contributed by atoms with Crippen molar-refractivity contribution in [2.24, 2.45) is 0 Å². The van der Waals surface area contributed by atoms with Crippen molar-refractivity contribution in [1.29, 1.82) is 0 Å². The Morgan fingerprint density at radius 2 is 2.12 bits per heavy atom. The smallest absolute Gasteiger partial charge is 0.313 e. The first-order valence-corrected chi connectivity index (χ1v) is 4.58. The molecule has 4 nitrogen and oxygen atoms in total. The molecule has 2 aromatic heterocycles. The zero-order valence-corrected chi connectivity index (χ0v) is 8.41. The zero-order valence-electron chi connectivity index (χ0n) is 8.41. The van der Waals surface area contributed by atoms with Gasteiger partial charge in [0, 0.05) is 6.20 Å². The highest BCUT2D eigenvalue weighted by molar-refractivity contribution is 5.42. The molecule has 0 amide bonds. The van der Waals surface area contributed by atoms with Crippen LogP contribution in [0.15, 0.2) is 18.3 Å². The Morgan fingerprint density at radius 1 is 1.38 bits per heavy atom. The van der Waals surface area contributed by atoms with E-state index in [1.165, 1.54) is 10.6 Å². The van der Waals surface area contributed by atoms with Gasteiger partial charge in [-0.25, -0.2) is 0 Å². The molecule has 0 aliphatic heterocycles. The lowest BCUT2D eigenvalue weighted by Gasteiger charge is -2.06. The van der Waals surface area contributed by atoms with Crippen molar-refractivity contribution >= 4 is 5.65 Å². The SMILES string of the molecule is CNCc1nnc2cc(C(F)(F)F)ccn12. The van der Waals surface area contributed by atoms with E-state index in [-0.39, 0.29) is 5.65 Å². The second kappa shape index (κ2) is 3.75. The number of hydrogen-bond donors (Lipinski definition) is 1. The van der Waals surface area contributed by atoms with Crippen LogP contribution in [-0.2, 0) is 12.7 Å². The van der Waals surface area contributed by atoms with E-state index in [2.05, 4.69) is 15.5 Å². The minimum atomic E-state index is -4.35. The summed E-state index contributed by atoms with van der Waals surface area (Å²) in [7, 11) is 1.73. The Hall–Kier alpha value is -1.63. The summed E-state index contributed by atoms with van der Waals surface area (Å²) in [5.74, 6) is 0.575. The lowest BCUT2D eigenvalue weighted by atomic mass is 10.2. The van der Waals surface area contributed by atoms with Crippen molar-refractivity contribution in [2.45, 2.75) is 12.7 Å². The van der Waals surface area contributed by atoms with E-state index >= 15 is 0 Å². The number of hydrogen-bond acceptors (Lipinski definition) is 3. The monoisotopic (exact) mass is 230 g/mol. The predicted octanol–water partition coefficient (Wildman–Crippen LogP) is 1.47. The maximum atomic E-state index is 12.4. The summed E-state index contributed by atoms with van der Waals surface area (Å²) in [6, 6.07) is 1.99. The van der Waals surface area contributed by atoms with Gasteiger partial charge in [-0.05, 0) is 19.2 Å². The predicted molar refractivity (Wildman–Crippen MR) is 50.8 cm³/mol. The fourth-order valence-corrected chi connectivity index (χ4v) is 1.40. The summed E-state index contributed by atoms with van der Waals surface area (Å²) in [5, 5.41) is 10.3. The molecule has 0 aromatic carbocycles.